The first-order chi connectivity index (χ1) is 8.24. The lowest BCUT2D eigenvalue weighted by molar-refractivity contribution is -0.111. The van der Waals surface area contributed by atoms with Gasteiger partial charge in [0, 0.05) is 30.8 Å². The average Bonchev–Trinajstić information content (AvgIpc) is 2.39. The average molecular weight is 274 g/mol. The molecule has 0 amide bonds. The molecule has 18 heavy (non-hydrogen) atoms. The summed E-state index contributed by atoms with van der Waals surface area (Å²) in [6.07, 6.45) is 2.71. The Bertz CT molecular complexity index is 406. The van der Waals surface area contributed by atoms with Crippen LogP contribution in [0.15, 0.2) is 18.2 Å². The summed E-state index contributed by atoms with van der Waals surface area (Å²) in [6, 6.07) is 4.97. The number of aldehydes is 1. The topological polar surface area (TPSA) is 29.5 Å². The Kier molecular flexibility index (Phi) is 5.41. The molecule has 1 heterocycles. The SMILES string of the molecule is COc1ccc(N2CCC(C=O)CC2)cc1F.Cl. The minimum atomic E-state index is -0.345. The monoisotopic (exact) mass is 273 g/mol. The van der Waals surface area contributed by atoms with Gasteiger partial charge in [-0.2, -0.15) is 0 Å². The molecule has 1 aliphatic rings. The van der Waals surface area contributed by atoms with Crippen molar-refractivity contribution < 1.29 is 13.9 Å². The predicted molar refractivity (Wildman–Crippen MR) is 71.2 cm³/mol. The molecule has 0 aliphatic carbocycles. The van der Waals surface area contributed by atoms with Gasteiger partial charge in [-0.3, -0.25) is 0 Å². The molecular formula is C13H17ClFNO2. The maximum absolute atomic E-state index is 13.5. The van der Waals surface area contributed by atoms with E-state index in [1.165, 1.54) is 13.2 Å². The first kappa shape index (κ1) is 14.8. The number of benzene rings is 1. The Morgan fingerprint density at radius 3 is 2.56 bits per heavy atom. The Hall–Kier alpha value is -1.29. The van der Waals surface area contributed by atoms with Gasteiger partial charge in [-0.1, -0.05) is 0 Å². The Labute approximate surface area is 112 Å². The van der Waals surface area contributed by atoms with E-state index in [4.69, 9.17) is 4.74 Å². The van der Waals surface area contributed by atoms with Gasteiger partial charge >= 0.3 is 0 Å². The van der Waals surface area contributed by atoms with Gasteiger partial charge in [0.05, 0.1) is 7.11 Å². The maximum atomic E-state index is 13.5. The number of halogens is 2. The number of nitrogens with zero attached hydrogens (tertiary/aromatic N) is 1. The van der Waals surface area contributed by atoms with Gasteiger partial charge in [0.1, 0.15) is 6.29 Å². The molecule has 100 valence electrons. The number of hydrogen-bond donors (Lipinski definition) is 0. The van der Waals surface area contributed by atoms with E-state index in [-0.39, 0.29) is 29.9 Å². The zero-order chi connectivity index (χ0) is 12.3. The van der Waals surface area contributed by atoms with Gasteiger partial charge in [0.15, 0.2) is 11.6 Å². The highest BCUT2D eigenvalue weighted by atomic mass is 35.5. The fraction of sp³-hybridized carbons (Fsp3) is 0.462. The van der Waals surface area contributed by atoms with Crippen molar-refractivity contribution in [1.82, 2.24) is 0 Å². The fourth-order valence-electron chi connectivity index (χ4n) is 2.15. The Morgan fingerprint density at radius 1 is 1.39 bits per heavy atom. The van der Waals surface area contributed by atoms with Gasteiger partial charge in [-0.15, -0.1) is 12.4 Å². The highest BCUT2D eigenvalue weighted by Gasteiger charge is 2.19. The van der Waals surface area contributed by atoms with Gasteiger partial charge < -0.3 is 14.4 Å². The van der Waals surface area contributed by atoms with Gasteiger partial charge in [0.2, 0.25) is 0 Å². The van der Waals surface area contributed by atoms with E-state index in [2.05, 4.69) is 4.90 Å². The smallest absolute Gasteiger partial charge is 0.167 e. The Balaban J connectivity index is 0.00000162. The molecule has 3 nitrogen and oxygen atoms in total. The lowest BCUT2D eigenvalue weighted by Gasteiger charge is -2.31. The third-order valence-corrected chi connectivity index (χ3v) is 3.23. The standard InChI is InChI=1S/C13H16FNO2.ClH/c1-17-13-3-2-11(8-12(13)14)15-6-4-10(9-16)5-7-15;/h2-3,8-10H,4-7H2,1H3;1H. The number of rotatable bonds is 3. The van der Waals surface area contributed by atoms with Crippen LogP contribution in [0.25, 0.3) is 0 Å². The summed E-state index contributed by atoms with van der Waals surface area (Å²) in [5.41, 5.74) is 0.854. The molecule has 2 rings (SSSR count). The van der Waals surface area contributed by atoms with Crippen LogP contribution >= 0.6 is 12.4 Å². The summed E-state index contributed by atoms with van der Waals surface area (Å²) in [7, 11) is 1.45. The van der Waals surface area contributed by atoms with Crippen molar-refractivity contribution in [3.8, 4) is 5.75 Å². The van der Waals surface area contributed by atoms with E-state index in [0.29, 0.717) is 0 Å². The summed E-state index contributed by atoms with van der Waals surface area (Å²) < 4.78 is 18.4. The third kappa shape index (κ3) is 3.13. The summed E-state index contributed by atoms with van der Waals surface area (Å²) in [5, 5.41) is 0. The first-order valence-corrected chi connectivity index (χ1v) is 5.78. The molecule has 0 bridgehead atoms. The van der Waals surface area contributed by atoms with Gasteiger partial charge in [-0.25, -0.2) is 4.39 Å². The van der Waals surface area contributed by atoms with E-state index in [9.17, 15) is 9.18 Å². The van der Waals surface area contributed by atoms with Crippen molar-refractivity contribution in [2.24, 2.45) is 5.92 Å². The second kappa shape index (κ2) is 6.59. The number of anilines is 1. The van der Waals surface area contributed by atoms with Crippen LogP contribution in [0.2, 0.25) is 0 Å². The molecule has 5 heteroatoms. The molecule has 0 saturated carbocycles. The summed E-state index contributed by atoms with van der Waals surface area (Å²) in [6.45, 7) is 1.60. The van der Waals surface area contributed by atoms with Crippen molar-refractivity contribution in [1.29, 1.82) is 0 Å². The molecule has 0 radical (unpaired) electrons. The van der Waals surface area contributed by atoms with Crippen molar-refractivity contribution in [3.63, 3.8) is 0 Å². The van der Waals surface area contributed by atoms with Crippen LogP contribution in [0.5, 0.6) is 5.75 Å². The molecule has 1 fully saturated rings. The second-order valence-electron chi connectivity index (χ2n) is 4.28. The molecule has 0 N–H and O–H groups in total. The van der Waals surface area contributed by atoms with E-state index in [1.54, 1.807) is 6.07 Å². The van der Waals surface area contributed by atoms with Crippen LogP contribution in [-0.2, 0) is 4.79 Å². The van der Waals surface area contributed by atoms with Crippen LogP contribution in [0.4, 0.5) is 10.1 Å². The first-order valence-electron chi connectivity index (χ1n) is 5.78. The lowest BCUT2D eigenvalue weighted by atomic mass is 9.98. The summed E-state index contributed by atoms with van der Waals surface area (Å²) in [4.78, 5) is 12.7. The Morgan fingerprint density at radius 2 is 2.06 bits per heavy atom. The predicted octanol–water partition coefficient (Wildman–Crippen LogP) is 2.67. The molecule has 0 atom stereocenters. The number of piperidine rings is 1. The van der Waals surface area contributed by atoms with Crippen LogP contribution in [0, 0.1) is 11.7 Å². The van der Waals surface area contributed by atoms with Crippen LogP contribution < -0.4 is 9.64 Å². The molecule has 0 spiro atoms. The minimum absolute atomic E-state index is 0. The van der Waals surface area contributed by atoms with E-state index in [0.717, 1.165) is 37.9 Å². The highest BCUT2D eigenvalue weighted by molar-refractivity contribution is 5.85. The van der Waals surface area contributed by atoms with Crippen molar-refractivity contribution in [2.75, 3.05) is 25.1 Å². The molecule has 1 saturated heterocycles. The van der Waals surface area contributed by atoms with Crippen LogP contribution in [0.3, 0.4) is 0 Å². The summed E-state index contributed by atoms with van der Waals surface area (Å²) in [5.74, 6) is 0.0772. The number of carbonyl (C=O) groups is 1. The fourth-order valence-corrected chi connectivity index (χ4v) is 2.15. The van der Waals surface area contributed by atoms with Gasteiger partial charge in [-0.05, 0) is 25.0 Å². The molecular weight excluding hydrogens is 257 g/mol. The summed E-state index contributed by atoms with van der Waals surface area (Å²) >= 11 is 0. The second-order valence-corrected chi connectivity index (χ2v) is 4.28. The highest BCUT2D eigenvalue weighted by Crippen LogP contribution is 2.26. The molecule has 1 aliphatic heterocycles. The number of hydrogen-bond acceptors (Lipinski definition) is 3. The largest absolute Gasteiger partial charge is 0.494 e. The third-order valence-electron chi connectivity index (χ3n) is 3.23. The van der Waals surface area contributed by atoms with E-state index < -0.39 is 0 Å². The lowest BCUT2D eigenvalue weighted by Crippen LogP contribution is -2.34. The maximum Gasteiger partial charge on any atom is 0.167 e. The molecule has 0 unspecified atom stereocenters. The molecule has 1 aromatic carbocycles. The zero-order valence-corrected chi connectivity index (χ0v) is 11.1. The van der Waals surface area contributed by atoms with E-state index in [1.807, 2.05) is 6.07 Å². The van der Waals surface area contributed by atoms with Gasteiger partial charge in [0.25, 0.3) is 0 Å². The quantitative estimate of drug-likeness (QED) is 0.793. The van der Waals surface area contributed by atoms with Crippen molar-refractivity contribution >= 4 is 24.4 Å². The normalized spacial score (nSPS) is 16.0. The minimum Gasteiger partial charge on any atom is -0.494 e. The number of carbonyl (C=O) groups excluding carboxylic acids is 1. The van der Waals surface area contributed by atoms with E-state index >= 15 is 0 Å². The number of methoxy groups -OCH3 is 1. The van der Waals surface area contributed by atoms with Crippen LogP contribution in [0.1, 0.15) is 12.8 Å². The van der Waals surface area contributed by atoms with Crippen LogP contribution in [-0.4, -0.2) is 26.5 Å². The number of ether oxygens (including phenoxy) is 1. The zero-order valence-electron chi connectivity index (χ0n) is 10.3. The van der Waals surface area contributed by atoms with Crippen molar-refractivity contribution in [3.05, 3.63) is 24.0 Å². The van der Waals surface area contributed by atoms with Crippen molar-refractivity contribution in [2.45, 2.75) is 12.8 Å². The molecule has 1 aromatic rings. The molecule has 0 aromatic heterocycles.